The van der Waals surface area contributed by atoms with E-state index in [0.29, 0.717) is 6.10 Å². The number of hydrogen-bond acceptors (Lipinski definition) is 2. The molecule has 1 fully saturated rings. The van der Waals surface area contributed by atoms with E-state index in [0.717, 1.165) is 29.7 Å². The van der Waals surface area contributed by atoms with Gasteiger partial charge in [-0.3, -0.25) is 5.41 Å². The maximum absolute atomic E-state index is 7.48. The standard InChI is InChI=1S/C15H22N2O/c1-11-8-9-12(15(16)17)10-14(11)18-13-6-4-2-3-5-7-13/h8-10,13H,2-7H2,1H3,(H3,16,17). The molecule has 0 heterocycles. The first-order valence-electron chi connectivity index (χ1n) is 6.78. The minimum atomic E-state index is 0.0979. The van der Waals surface area contributed by atoms with Crippen molar-refractivity contribution < 1.29 is 4.74 Å². The van der Waals surface area contributed by atoms with Crippen LogP contribution >= 0.6 is 0 Å². The van der Waals surface area contributed by atoms with Crippen molar-refractivity contribution in [2.24, 2.45) is 5.73 Å². The molecule has 1 aliphatic carbocycles. The number of nitrogens with one attached hydrogen (secondary N) is 1. The molecule has 1 aliphatic rings. The number of aryl methyl sites for hydroxylation is 1. The summed E-state index contributed by atoms with van der Waals surface area (Å²) >= 11 is 0. The van der Waals surface area contributed by atoms with Crippen LogP contribution in [0.4, 0.5) is 0 Å². The third-order valence-electron chi connectivity index (χ3n) is 3.59. The van der Waals surface area contributed by atoms with Gasteiger partial charge in [0.05, 0.1) is 6.10 Å². The zero-order valence-corrected chi connectivity index (χ0v) is 11.0. The van der Waals surface area contributed by atoms with Crippen LogP contribution in [0.15, 0.2) is 18.2 Å². The molecule has 1 saturated carbocycles. The highest BCUT2D eigenvalue weighted by Gasteiger charge is 2.15. The lowest BCUT2D eigenvalue weighted by Crippen LogP contribution is -2.17. The number of hydrogen-bond donors (Lipinski definition) is 2. The molecule has 3 N–H and O–H groups in total. The smallest absolute Gasteiger partial charge is 0.123 e. The zero-order valence-electron chi connectivity index (χ0n) is 11.0. The van der Waals surface area contributed by atoms with E-state index in [4.69, 9.17) is 15.9 Å². The molecule has 2 rings (SSSR count). The fourth-order valence-electron chi connectivity index (χ4n) is 2.43. The molecule has 0 bridgehead atoms. The minimum absolute atomic E-state index is 0.0979. The van der Waals surface area contributed by atoms with Crippen molar-refractivity contribution in [1.29, 1.82) is 5.41 Å². The van der Waals surface area contributed by atoms with Gasteiger partial charge in [-0.1, -0.05) is 25.0 Å². The normalized spacial score (nSPS) is 17.2. The molecule has 1 aromatic carbocycles. The van der Waals surface area contributed by atoms with Gasteiger partial charge in [0.1, 0.15) is 11.6 Å². The summed E-state index contributed by atoms with van der Waals surface area (Å²) in [5, 5.41) is 7.48. The Morgan fingerprint density at radius 3 is 2.50 bits per heavy atom. The highest BCUT2D eigenvalue weighted by Crippen LogP contribution is 2.26. The molecule has 0 amide bonds. The molecule has 0 spiro atoms. The summed E-state index contributed by atoms with van der Waals surface area (Å²) in [6.07, 6.45) is 7.78. The van der Waals surface area contributed by atoms with Crippen LogP contribution in [-0.2, 0) is 0 Å². The SMILES string of the molecule is Cc1ccc(C(=N)N)cc1OC1CCCCCC1. The molecule has 0 radical (unpaired) electrons. The fraction of sp³-hybridized carbons (Fsp3) is 0.533. The second-order valence-electron chi connectivity index (χ2n) is 5.13. The Kier molecular flexibility index (Phi) is 4.24. The van der Waals surface area contributed by atoms with Gasteiger partial charge in [-0.15, -0.1) is 0 Å². The zero-order chi connectivity index (χ0) is 13.0. The predicted octanol–water partition coefficient (Wildman–Crippen LogP) is 3.38. The highest BCUT2D eigenvalue weighted by atomic mass is 16.5. The van der Waals surface area contributed by atoms with E-state index >= 15 is 0 Å². The van der Waals surface area contributed by atoms with Crippen LogP contribution in [0.2, 0.25) is 0 Å². The summed E-state index contributed by atoms with van der Waals surface area (Å²) < 4.78 is 6.10. The van der Waals surface area contributed by atoms with Crippen LogP contribution in [0.1, 0.15) is 49.7 Å². The van der Waals surface area contributed by atoms with E-state index in [-0.39, 0.29) is 5.84 Å². The Bertz CT molecular complexity index is 421. The number of benzene rings is 1. The molecule has 0 unspecified atom stereocenters. The molecule has 0 aromatic heterocycles. The largest absolute Gasteiger partial charge is 0.490 e. The molecular weight excluding hydrogens is 224 g/mol. The van der Waals surface area contributed by atoms with Crippen LogP contribution in [0.3, 0.4) is 0 Å². The molecule has 0 aliphatic heterocycles. The number of nitrogens with two attached hydrogens (primary N) is 1. The van der Waals surface area contributed by atoms with E-state index in [1.54, 1.807) is 0 Å². The van der Waals surface area contributed by atoms with Gasteiger partial charge in [-0.2, -0.15) is 0 Å². The molecule has 0 atom stereocenters. The van der Waals surface area contributed by atoms with Crippen molar-refractivity contribution in [1.82, 2.24) is 0 Å². The fourth-order valence-corrected chi connectivity index (χ4v) is 2.43. The lowest BCUT2D eigenvalue weighted by Gasteiger charge is -2.19. The maximum Gasteiger partial charge on any atom is 0.123 e. The maximum atomic E-state index is 7.48. The first kappa shape index (κ1) is 12.9. The van der Waals surface area contributed by atoms with E-state index in [9.17, 15) is 0 Å². The summed E-state index contributed by atoms with van der Waals surface area (Å²) in [7, 11) is 0. The van der Waals surface area contributed by atoms with E-state index in [2.05, 4.69) is 0 Å². The van der Waals surface area contributed by atoms with E-state index < -0.39 is 0 Å². The number of amidine groups is 1. The van der Waals surface area contributed by atoms with Gasteiger partial charge in [0.25, 0.3) is 0 Å². The topological polar surface area (TPSA) is 59.1 Å². The van der Waals surface area contributed by atoms with E-state index in [1.165, 1.54) is 25.7 Å². The molecular formula is C15H22N2O. The Morgan fingerprint density at radius 2 is 1.89 bits per heavy atom. The van der Waals surface area contributed by atoms with Crippen molar-refractivity contribution in [2.75, 3.05) is 0 Å². The van der Waals surface area contributed by atoms with Gasteiger partial charge in [0.2, 0.25) is 0 Å². The summed E-state index contributed by atoms with van der Waals surface area (Å²) in [5.74, 6) is 0.982. The van der Waals surface area contributed by atoms with Gasteiger partial charge < -0.3 is 10.5 Å². The van der Waals surface area contributed by atoms with E-state index in [1.807, 2.05) is 25.1 Å². The quantitative estimate of drug-likeness (QED) is 0.488. The van der Waals surface area contributed by atoms with Crippen LogP contribution in [0, 0.1) is 12.3 Å². The highest BCUT2D eigenvalue weighted by molar-refractivity contribution is 5.95. The molecule has 0 saturated heterocycles. The van der Waals surface area contributed by atoms with Crippen LogP contribution in [0.5, 0.6) is 5.75 Å². The van der Waals surface area contributed by atoms with Crippen LogP contribution in [-0.4, -0.2) is 11.9 Å². The predicted molar refractivity (Wildman–Crippen MR) is 74.3 cm³/mol. The Hall–Kier alpha value is -1.51. The second kappa shape index (κ2) is 5.89. The molecule has 98 valence electrons. The average molecular weight is 246 g/mol. The second-order valence-corrected chi connectivity index (χ2v) is 5.13. The Morgan fingerprint density at radius 1 is 1.22 bits per heavy atom. The summed E-state index contributed by atoms with van der Waals surface area (Å²) in [4.78, 5) is 0. The summed E-state index contributed by atoms with van der Waals surface area (Å²) in [6, 6.07) is 5.74. The van der Waals surface area contributed by atoms with Crippen molar-refractivity contribution in [3.05, 3.63) is 29.3 Å². The van der Waals surface area contributed by atoms with Crippen molar-refractivity contribution in [2.45, 2.75) is 51.6 Å². The van der Waals surface area contributed by atoms with Gasteiger partial charge >= 0.3 is 0 Å². The lowest BCUT2D eigenvalue weighted by molar-refractivity contribution is 0.182. The van der Waals surface area contributed by atoms with Gasteiger partial charge in [0, 0.05) is 5.56 Å². The monoisotopic (exact) mass is 246 g/mol. The molecule has 3 nitrogen and oxygen atoms in total. The van der Waals surface area contributed by atoms with Gasteiger partial charge in [-0.05, 0) is 44.2 Å². The van der Waals surface area contributed by atoms with Gasteiger partial charge in [-0.25, -0.2) is 0 Å². The lowest BCUT2D eigenvalue weighted by atomic mass is 10.1. The number of ether oxygens (including phenoxy) is 1. The third kappa shape index (κ3) is 3.25. The number of nitrogen functional groups attached to an aromatic ring is 1. The molecule has 1 aromatic rings. The van der Waals surface area contributed by atoms with Crippen molar-refractivity contribution in [3.63, 3.8) is 0 Å². The first-order chi connectivity index (χ1) is 8.66. The summed E-state index contributed by atoms with van der Waals surface area (Å²) in [6.45, 7) is 2.04. The van der Waals surface area contributed by atoms with Crippen molar-refractivity contribution >= 4 is 5.84 Å². The first-order valence-corrected chi connectivity index (χ1v) is 6.78. The van der Waals surface area contributed by atoms with Crippen LogP contribution in [0.25, 0.3) is 0 Å². The van der Waals surface area contributed by atoms with Crippen molar-refractivity contribution in [3.8, 4) is 5.75 Å². The summed E-state index contributed by atoms with van der Waals surface area (Å²) in [5.41, 5.74) is 7.37. The van der Waals surface area contributed by atoms with Crippen LogP contribution < -0.4 is 10.5 Å². The average Bonchev–Trinajstić information content (AvgIpc) is 2.60. The molecule has 18 heavy (non-hydrogen) atoms. The third-order valence-corrected chi connectivity index (χ3v) is 3.59. The Balaban J connectivity index is 2.11. The minimum Gasteiger partial charge on any atom is -0.490 e. The number of rotatable bonds is 3. The van der Waals surface area contributed by atoms with Gasteiger partial charge in [0.15, 0.2) is 0 Å². The molecule has 3 heteroatoms. The Labute approximate surface area is 109 Å².